The standard InChI is InChI=1S/C15H20O6/c1-3-6-20-13-5-4-11(8-16)15(10(13)2)21-9-12(17)7-14(18)19/h4-5,8,12,17H,3,6-7,9H2,1-2H3,(H,18,19). The number of carboxylic acids is 1. The molecule has 6 heteroatoms. The van der Waals surface area contributed by atoms with Gasteiger partial charge in [-0.15, -0.1) is 0 Å². The summed E-state index contributed by atoms with van der Waals surface area (Å²) < 4.78 is 11.0. The lowest BCUT2D eigenvalue weighted by Crippen LogP contribution is -2.21. The average Bonchev–Trinajstić information content (AvgIpc) is 2.43. The first kappa shape index (κ1) is 17.0. The van der Waals surface area contributed by atoms with Gasteiger partial charge in [-0.2, -0.15) is 0 Å². The SMILES string of the molecule is CCCOc1ccc(C=O)c(OCC(O)CC(=O)O)c1C. The van der Waals surface area contributed by atoms with Crippen molar-refractivity contribution in [2.75, 3.05) is 13.2 Å². The quantitative estimate of drug-likeness (QED) is 0.675. The number of aliphatic hydroxyl groups is 1. The van der Waals surface area contributed by atoms with Crippen LogP contribution in [0.5, 0.6) is 11.5 Å². The summed E-state index contributed by atoms with van der Waals surface area (Å²) in [6.07, 6.45) is -0.0547. The molecule has 116 valence electrons. The van der Waals surface area contributed by atoms with Crippen LogP contribution >= 0.6 is 0 Å². The predicted molar refractivity (Wildman–Crippen MR) is 76.1 cm³/mol. The Morgan fingerprint density at radius 3 is 2.67 bits per heavy atom. The van der Waals surface area contributed by atoms with E-state index in [1.165, 1.54) is 0 Å². The number of carboxylic acid groups (broad SMARTS) is 1. The molecule has 1 aromatic carbocycles. The van der Waals surface area contributed by atoms with Crippen LogP contribution in [-0.2, 0) is 4.79 Å². The Morgan fingerprint density at radius 2 is 2.10 bits per heavy atom. The summed E-state index contributed by atoms with van der Waals surface area (Å²) >= 11 is 0. The van der Waals surface area contributed by atoms with Gasteiger partial charge in [-0.3, -0.25) is 9.59 Å². The van der Waals surface area contributed by atoms with Crippen LogP contribution in [0.1, 0.15) is 35.7 Å². The second-order valence-electron chi connectivity index (χ2n) is 4.64. The third-order valence-electron chi connectivity index (χ3n) is 2.81. The highest BCUT2D eigenvalue weighted by molar-refractivity contribution is 5.81. The van der Waals surface area contributed by atoms with Crippen LogP contribution in [-0.4, -0.2) is 41.8 Å². The van der Waals surface area contributed by atoms with E-state index in [4.69, 9.17) is 14.6 Å². The zero-order chi connectivity index (χ0) is 15.8. The average molecular weight is 296 g/mol. The molecular weight excluding hydrogens is 276 g/mol. The maximum absolute atomic E-state index is 11.0. The molecule has 0 spiro atoms. The van der Waals surface area contributed by atoms with Crippen molar-refractivity contribution in [2.45, 2.75) is 32.8 Å². The molecule has 1 aromatic rings. The normalized spacial score (nSPS) is 11.8. The number of ether oxygens (including phenoxy) is 2. The van der Waals surface area contributed by atoms with Crippen molar-refractivity contribution in [1.29, 1.82) is 0 Å². The summed E-state index contributed by atoms with van der Waals surface area (Å²) in [7, 11) is 0. The number of aldehydes is 1. The summed E-state index contributed by atoms with van der Waals surface area (Å²) in [5.41, 5.74) is 0.981. The molecule has 0 aliphatic heterocycles. The molecule has 0 aliphatic carbocycles. The molecule has 1 rings (SSSR count). The van der Waals surface area contributed by atoms with Gasteiger partial charge >= 0.3 is 5.97 Å². The summed E-state index contributed by atoms with van der Waals surface area (Å²) in [6, 6.07) is 3.26. The maximum atomic E-state index is 11.0. The van der Waals surface area contributed by atoms with E-state index >= 15 is 0 Å². The molecule has 0 fully saturated rings. The zero-order valence-electron chi connectivity index (χ0n) is 12.2. The first-order valence-electron chi connectivity index (χ1n) is 6.73. The molecule has 2 N–H and O–H groups in total. The minimum atomic E-state index is -1.14. The molecule has 0 bridgehead atoms. The highest BCUT2D eigenvalue weighted by Crippen LogP contribution is 2.31. The van der Waals surface area contributed by atoms with Gasteiger partial charge in [0, 0.05) is 5.56 Å². The minimum Gasteiger partial charge on any atom is -0.493 e. The first-order chi connectivity index (χ1) is 9.99. The third-order valence-corrected chi connectivity index (χ3v) is 2.81. The molecule has 0 radical (unpaired) electrons. The molecule has 0 heterocycles. The van der Waals surface area contributed by atoms with E-state index in [2.05, 4.69) is 0 Å². The highest BCUT2D eigenvalue weighted by atomic mass is 16.5. The van der Waals surface area contributed by atoms with E-state index in [-0.39, 0.29) is 6.61 Å². The summed E-state index contributed by atoms with van der Waals surface area (Å²) in [6.45, 7) is 4.07. The van der Waals surface area contributed by atoms with E-state index < -0.39 is 18.5 Å². The Morgan fingerprint density at radius 1 is 1.38 bits per heavy atom. The molecule has 21 heavy (non-hydrogen) atoms. The fraction of sp³-hybridized carbons (Fsp3) is 0.467. The van der Waals surface area contributed by atoms with Crippen LogP contribution in [0.2, 0.25) is 0 Å². The van der Waals surface area contributed by atoms with E-state index in [1.807, 2.05) is 6.92 Å². The smallest absolute Gasteiger partial charge is 0.306 e. The Kier molecular flexibility index (Phi) is 6.68. The lowest BCUT2D eigenvalue weighted by atomic mass is 10.1. The zero-order valence-corrected chi connectivity index (χ0v) is 12.2. The number of aliphatic hydroxyl groups excluding tert-OH is 1. The number of rotatable bonds is 9. The fourth-order valence-corrected chi connectivity index (χ4v) is 1.79. The molecular formula is C15H20O6. The maximum Gasteiger partial charge on any atom is 0.306 e. The first-order valence-corrected chi connectivity index (χ1v) is 6.73. The van der Waals surface area contributed by atoms with Gasteiger partial charge in [0.25, 0.3) is 0 Å². The lowest BCUT2D eigenvalue weighted by molar-refractivity contribution is -0.139. The Hall–Kier alpha value is -2.08. The van der Waals surface area contributed by atoms with Crippen molar-refractivity contribution in [3.05, 3.63) is 23.3 Å². The van der Waals surface area contributed by atoms with Crippen molar-refractivity contribution in [3.63, 3.8) is 0 Å². The molecule has 0 aromatic heterocycles. The third kappa shape index (κ3) is 5.07. The van der Waals surface area contributed by atoms with Gasteiger partial charge in [0.1, 0.15) is 18.1 Å². The predicted octanol–water partition coefficient (Wildman–Crippen LogP) is 1.81. The van der Waals surface area contributed by atoms with Gasteiger partial charge in [0.2, 0.25) is 0 Å². The van der Waals surface area contributed by atoms with Crippen molar-refractivity contribution in [2.24, 2.45) is 0 Å². The minimum absolute atomic E-state index is 0.203. The highest BCUT2D eigenvalue weighted by Gasteiger charge is 2.15. The number of carbonyl (C=O) groups excluding carboxylic acids is 1. The van der Waals surface area contributed by atoms with Crippen molar-refractivity contribution in [3.8, 4) is 11.5 Å². The van der Waals surface area contributed by atoms with Crippen molar-refractivity contribution < 1.29 is 29.3 Å². The van der Waals surface area contributed by atoms with Crippen LogP contribution < -0.4 is 9.47 Å². The van der Waals surface area contributed by atoms with Crippen molar-refractivity contribution >= 4 is 12.3 Å². The van der Waals surface area contributed by atoms with E-state index in [0.29, 0.717) is 35.5 Å². The number of hydrogen-bond acceptors (Lipinski definition) is 5. The summed E-state index contributed by atoms with van der Waals surface area (Å²) in [4.78, 5) is 21.5. The van der Waals surface area contributed by atoms with Crippen LogP contribution in [0.3, 0.4) is 0 Å². The molecule has 0 amide bonds. The number of aliphatic carboxylic acids is 1. The molecule has 0 saturated carbocycles. The molecule has 1 unspecified atom stereocenters. The van der Waals surface area contributed by atoms with Crippen molar-refractivity contribution in [1.82, 2.24) is 0 Å². The Labute approximate surface area is 123 Å². The number of carbonyl (C=O) groups is 2. The molecule has 6 nitrogen and oxygen atoms in total. The van der Waals surface area contributed by atoms with E-state index in [1.54, 1.807) is 19.1 Å². The summed E-state index contributed by atoms with van der Waals surface area (Å²) in [5.74, 6) is -0.202. The lowest BCUT2D eigenvalue weighted by Gasteiger charge is -2.17. The second kappa shape index (κ2) is 8.26. The van der Waals surface area contributed by atoms with Crippen LogP contribution in [0.15, 0.2) is 12.1 Å². The van der Waals surface area contributed by atoms with Gasteiger partial charge in [-0.05, 0) is 25.5 Å². The number of hydrogen-bond donors (Lipinski definition) is 2. The topological polar surface area (TPSA) is 93.1 Å². The monoisotopic (exact) mass is 296 g/mol. The Bertz CT molecular complexity index is 497. The van der Waals surface area contributed by atoms with Crippen LogP contribution in [0.4, 0.5) is 0 Å². The number of benzene rings is 1. The largest absolute Gasteiger partial charge is 0.493 e. The van der Waals surface area contributed by atoms with Crippen LogP contribution in [0.25, 0.3) is 0 Å². The molecule has 0 aliphatic rings. The van der Waals surface area contributed by atoms with Gasteiger partial charge < -0.3 is 19.7 Å². The van der Waals surface area contributed by atoms with Gasteiger partial charge in [0.15, 0.2) is 6.29 Å². The fourth-order valence-electron chi connectivity index (χ4n) is 1.79. The van der Waals surface area contributed by atoms with Gasteiger partial charge in [-0.1, -0.05) is 6.92 Å². The van der Waals surface area contributed by atoms with E-state index in [0.717, 1.165) is 6.42 Å². The van der Waals surface area contributed by atoms with Gasteiger partial charge in [-0.25, -0.2) is 0 Å². The molecule has 1 atom stereocenters. The van der Waals surface area contributed by atoms with E-state index in [9.17, 15) is 14.7 Å². The molecule has 0 saturated heterocycles. The van der Waals surface area contributed by atoms with Gasteiger partial charge in [0.05, 0.1) is 24.7 Å². The van der Waals surface area contributed by atoms with Crippen LogP contribution in [0, 0.1) is 6.92 Å². The second-order valence-corrected chi connectivity index (χ2v) is 4.64. The Balaban J connectivity index is 2.87. The summed E-state index contributed by atoms with van der Waals surface area (Å²) in [5, 5.41) is 18.1.